The van der Waals surface area contributed by atoms with Gasteiger partial charge in [0.2, 0.25) is 0 Å². The summed E-state index contributed by atoms with van der Waals surface area (Å²) in [5.74, 6) is 0. The molecule has 2 rings (SSSR count). The van der Waals surface area contributed by atoms with Crippen molar-refractivity contribution in [2.24, 2.45) is 0 Å². The van der Waals surface area contributed by atoms with Crippen LogP contribution in [0.4, 0.5) is 5.69 Å². The summed E-state index contributed by atoms with van der Waals surface area (Å²) in [6.07, 6.45) is 0. The Balaban J connectivity index is 2.66. The maximum absolute atomic E-state index is 4.38. The van der Waals surface area contributed by atoms with E-state index in [0.29, 0.717) is 0 Å². The van der Waals surface area contributed by atoms with Crippen molar-refractivity contribution >= 4 is 27.2 Å². The van der Waals surface area contributed by atoms with Crippen LogP contribution < -0.4 is 5.32 Å². The minimum absolute atomic E-state index is 1.09. The van der Waals surface area contributed by atoms with Crippen LogP contribution in [-0.2, 0) is 0 Å². The topological polar surface area (TPSA) is 24.9 Å². The molecular weight excluding hydrogens is 168 g/mol. The van der Waals surface area contributed by atoms with Gasteiger partial charge < -0.3 is 5.32 Å². The lowest BCUT2D eigenvalue weighted by Gasteiger charge is -1.96. The smallest absolute Gasteiger partial charge is 0.0907 e. The van der Waals surface area contributed by atoms with E-state index < -0.39 is 0 Å². The van der Waals surface area contributed by atoms with Crippen molar-refractivity contribution in [3.63, 3.8) is 0 Å². The van der Waals surface area contributed by atoms with Crippen LogP contribution in [0.3, 0.4) is 0 Å². The molecule has 1 aromatic carbocycles. The van der Waals surface area contributed by atoms with Gasteiger partial charge >= 0.3 is 0 Å². The fraction of sp³-hybridized carbons (Fsp3) is 0.222. The van der Waals surface area contributed by atoms with Crippen molar-refractivity contribution in [2.45, 2.75) is 6.92 Å². The Morgan fingerprint density at radius 1 is 1.42 bits per heavy atom. The number of aromatic nitrogens is 1. The summed E-state index contributed by atoms with van der Waals surface area (Å²) in [5, 5.41) is 4.23. The Morgan fingerprint density at radius 3 is 3.00 bits per heavy atom. The highest BCUT2D eigenvalue weighted by atomic mass is 32.1. The molecule has 1 N–H and O–H groups in total. The van der Waals surface area contributed by atoms with E-state index in [-0.39, 0.29) is 0 Å². The molecule has 0 amide bonds. The average molecular weight is 178 g/mol. The number of anilines is 1. The Hall–Kier alpha value is -1.09. The fourth-order valence-electron chi connectivity index (χ4n) is 1.20. The van der Waals surface area contributed by atoms with Crippen LogP contribution in [0.1, 0.15) is 5.01 Å². The highest BCUT2D eigenvalue weighted by molar-refractivity contribution is 7.18. The molecule has 2 nitrogen and oxygen atoms in total. The lowest BCUT2D eigenvalue weighted by molar-refractivity contribution is 1.35. The third-order valence-corrected chi connectivity index (χ3v) is 2.72. The third-order valence-electron chi connectivity index (χ3n) is 1.78. The molecule has 0 aliphatic rings. The van der Waals surface area contributed by atoms with Gasteiger partial charge in [-0.25, -0.2) is 4.98 Å². The SMILES string of the molecule is CNc1ccc2nc(C)sc2c1. The first-order chi connectivity index (χ1) is 5.79. The molecule has 0 fully saturated rings. The summed E-state index contributed by atoms with van der Waals surface area (Å²) in [6.45, 7) is 2.03. The minimum Gasteiger partial charge on any atom is -0.388 e. The Bertz CT molecular complexity index is 406. The second-order valence-electron chi connectivity index (χ2n) is 2.67. The number of thiazole rings is 1. The molecule has 0 aliphatic heterocycles. The molecule has 0 saturated heterocycles. The predicted octanol–water partition coefficient (Wildman–Crippen LogP) is 2.65. The maximum atomic E-state index is 4.38. The molecular formula is C9H10N2S. The van der Waals surface area contributed by atoms with Gasteiger partial charge in [-0.05, 0) is 25.1 Å². The molecule has 0 saturated carbocycles. The minimum atomic E-state index is 1.09. The van der Waals surface area contributed by atoms with Crippen molar-refractivity contribution in [1.82, 2.24) is 4.98 Å². The first-order valence-corrected chi connectivity index (χ1v) is 4.66. The summed E-state index contributed by atoms with van der Waals surface area (Å²) >= 11 is 1.73. The van der Waals surface area contributed by atoms with Crippen LogP contribution in [-0.4, -0.2) is 12.0 Å². The van der Waals surface area contributed by atoms with Crippen molar-refractivity contribution in [2.75, 3.05) is 12.4 Å². The van der Waals surface area contributed by atoms with Crippen LogP contribution in [0.5, 0.6) is 0 Å². The number of fused-ring (bicyclic) bond motifs is 1. The van der Waals surface area contributed by atoms with Gasteiger partial charge in [0.25, 0.3) is 0 Å². The van der Waals surface area contributed by atoms with Gasteiger partial charge in [0.15, 0.2) is 0 Å². The largest absolute Gasteiger partial charge is 0.388 e. The third kappa shape index (κ3) is 1.16. The quantitative estimate of drug-likeness (QED) is 0.726. The number of benzene rings is 1. The first kappa shape index (κ1) is 7.55. The highest BCUT2D eigenvalue weighted by Crippen LogP contribution is 2.24. The molecule has 1 heterocycles. The van der Waals surface area contributed by atoms with Crippen LogP contribution in [0.15, 0.2) is 18.2 Å². The number of aryl methyl sites for hydroxylation is 1. The number of nitrogens with one attached hydrogen (secondary N) is 1. The van der Waals surface area contributed by atoms with Crippen LogP contribution >= 0.6 is 11.3 Å². The van der Waals surface area contributed by atoms with Gasteiger partial charge in [-0.3, -0.25) is 0 Å². The van der Waals surface area contributed by atoms with Crippen LogP contribution in [0.25, 0.3) is 10.2 Å². The Kier molecular flexibility index (Phi) is 1.73. The zero-order valence-electron chi connectivity index (χ0n) is 7.09. The van der Waals surface area contributed by atoms with E-state index in [1.807, 2.05) is 26.1 Å². The molecule has 1 aromatic heterocycles. The Labute approximate surface area is 75.3 Å². The average Bonchev–Trinajstić information content (AvgIpc) is 2.43. The fourth-order valence-corrected chi connectivity index (χ4v) is 2.06. The Morgan fingerprint density at radius 2 is 2.25 bits per heavy atom. The summed E-state index contributed by atoms with van der Waals surface area (Å²) in [4.78, 5) is 4.38. The zero-order valence-corrected chi connectivity index (χ0v) is 7.90. The lowest BCUT2D eigenvalue weighted by Crippen LogP contribution is -1.85. The molecule has 0 spiro atoms. The molecule has 3 heteroatoms. The monoisotopic (exact) mass is 178 g/mol. The molecule has 0 atom stereocenters. The van der Waals surface area contributed by atoms with Gasteiger partial charge in [-0.2, -0.15) is 0 Å². The van der Waals surface area contributed by atoms with Crippen molar-refractivity contribution in [3.8, 4) is 0 Å². The van der Waals surface area contributed by atoms with Gasteiger partial charge in [0, 0.05) is 12.7 Å². The summed E-state index contributed by atoms with van der Waals surface area (Å²) in [7, 11) is 1.93. The number of rotatable bonds is 1. The molecule has 12 heavy (non-hydrogen) atoms. The first-order valence-electron chi connectivity index (χ1n) is 3.84. The molecule has 2 aromatic rings. The molecule has 62 valence electrons. The molecule has 0 unspecified atom stereocenters. The predicted molar refractivity (Wildman–Crippen MR) is 53.9 cm³/mol. The second-order valence-corrected chi connectivity index (χ2v) is 3.90. The summed E-state index contributed by atoms with van der Waals surface area (Å²) in [5.41, 5.74) is 2.24. The number of hydrogen-bond donors (Lipinski definition) is 1. The van der Waals surface area contributed by atoms with Crippen molar-refractivity contribution in [1.29, 1.82) is 0 Å². The van der Waals surface area contributed by atoms with E-state index in [9.17, 15) is 0 Å². The van der Waals surface area contributed by atoms with Gasteiger partial charge in [-0.15, -0.1) is 11.3 Å². The van der Waals surface area contributed by atoms with Gasteiger partial charge in [-0.1, -0.05) is 0 Å². The van der Waals surface area contributed by atoms with E-state index >= 15 is 0 Å². The summed E-state index contributed by atoms with van der Waals surface area (Å²) in [6, 6.07) is 6.21. The highest BCUT2D eigenvalue weighted by Gasteiger charge is 1.99. The maximum Gasteiger partial charge on any atom is 0.0907 e. The normalized spacial score (nSPS) is 10.5. The number of nitrogens with zero attached hydrogens (tertiary/aromatic N) is 1. The molecule has 0 radical (unpaired) electrons. The van der Waals surface area contributed by atoms with E-state index in [2.05, 4.69) is 16.4 Å². The van der Waals surface area contributed by atoms with Crippen molar-refractivity contribution in [3.05, 3.63) is 23.2 Å². The summed E-state index contributed by atoms with van der Waals surface area (Å²) < 4.78 is 1.25. The van der Waals surface area contributed by atoms with E-state index in [0.717, 1.165) is 16.2 Å². The zero-order chi connectivity index (χ0) is 8.55. The van der Waals surface area contributed by atoms with Crippen molar-refractivity contribution < 1.29 is 0 Å². The van der Waals surface area contributed by atoms with E-state index in [4.69, 9.17) is 0 Å². The second kappa shape index (κ2) is 2.75. The molecule has 0 aliphatic carbocycles. The standard InChI is InChI=1S/C9H10N2S/c1-6-11-8-4-3-7(10-2)5-9(8)12-6/h3-5,10H,1-2H3. The lowest BCUT2D eigenvalue weighted by atomic mass is 10.3. The molecule has 0 bridgehead atoms. The van der Waals surface area contributed by atoms with E-state index in [1.54, 1.807) is 11.3 Å². The van der Waals surface area contributed by atoms with E-state index in [1.165, 1.54) is 4.70 Å². The number of hydrogen-bond acceptors (Lipinski definition) is 3. The van der Waals surface area contributed by atoms with Crippen LogP contribution in [0.2, 0.25) is 0 Å². The van der Waals surface area contributed by atoms with Gasteiger partial charge in [0.05, 0.1) is 15.2 Å². The van der Waals surface area contributed by atoms with Crippen LogP contribution in [0, 0.1) is 6.92 Å². The van der Waals surface area contributed by atoms with Gasteiger partial charge in [0.1, 0.15) is 0 Å².